The van der Waals surface area contributed by atoms with Crippen molar-refractivity contribution in [3.8, 4) is 0 Å². The van der Waals surface area contributed by atoms with E-state index in [1.165, 1.54) is 11.1 Å². The Morgan fingerprint density at radius 3 is 2.73 bits per heavy atom. The van der Waals surface area contributed by atoms with Gasteiger partial charge in [-0.05, 0) is 30.4 Å². The van der Waals surface area contributed by atoms with E-state index in [4.69, 9.17) is 0 Å². The number of hydrogen-bond donors (Lipinski definition) is 1. The molecule has 6 heteroatoms. The highest BCUT2D eigenvalue weighted by Gasteiger charge is 2.27. The molecule has 0 spiro atoms. The van der Waals surface area contributed by atoms with Crippen LogP contribution in [0.4, 0.5) is 0 Å². The van der Waals surface area contributed by atoms with Gasteiger partial charge >= 0.3 is 0 Å². The number of nitrogens with one attached hydrogen (secondary N) is 1. The van der Waals surface area contributed by atoms with Gasteiger partial charge in [-0.1, -0.05) is 24.3 Å². The summed E-state index contributed by atoms with van der Waals surface area (Å²) in [5, 5.41) is 3.30. The topological polar surface area (TPSA) is 61.8 Å². The van der Waals surface area contributed by atoms with E-state index in [0.717, 1.165) is 18.9 Å². The summed E-state index contributed by atoms with van der Waals surface area (Å²) in [6.07, 6.45) is 0.744. The van der Waals surface area contributed by atoms with E-state index in [0.29, 0.717) is 18.1 Å². The third-order valence-electron chi connectivity index (χ3n) is 4.12. The normalized spacial score (nSPS) is 20.9. The summed E-state index contributed by atoms with van der Waals surface area (Å²) in [5.74, 6) is 1.59. The van der Waals surface area contributed by atoms with Gasteiger partial charge in [0.15, 0.2) is 15.8 Å². The second kappa shape index (κ2) is 7.13. The minimum Gasteiger partial charge on any atom is -0.356 e. The molecular weight excluding hydrogens is 298 g/mol. The number of hydrogen-bond acceptors (Lipinski definition) is 3. The zero-order valence-corrected chi connectivity index (χ0v) is 14.4. The Morgan fingerprint density at radius 1 is 1.41 bits per heavy atom. The summed E-state index contributed by atoms with van der Waals surface area (Å²) >= 11 is 0. The molecule has 1 atom stereocenters. The number of guanidine groups is 1. The Bertz CT molecular complexity index is 641. The molecule has 1 aliphatic heterocycles. The third-order valence-corrected chi connectivity index (χ3v) is 5.95. The van der Waals surface area contributed by atoms with Crippen LogP contribution in [0.3, 0.4) is 0 Å². The van der Waals surface area contributed by atoms with Crippen LogP contribution in [0.2, 0.25) is 0 Å². The molecule has 1 saturated heterocycles. The van der Waals surface area contributed by atoms with E-state index >= 15 is 0 Å². The van der Waals surface area contributed by atoms with Crippen LogP contribution in [0.5, 0.6) is 0 Å². The molecule has 0 aromatic heterocycles. The molecule has 1 N–H and O–H groups in total. The van der Waals surface area contributed by atoms with Crippen molar-refractivity contribution < 1.29 is 8.42 Å². The van der Waals surface area contributed by atoms with E-state index in [1.54, 1.807) is 7.05 Å². The smallest absolute Gasteiger partial charge is 0.193 e. The molecule has 0 bridgehead atoms. The molecule has 1 aromatic rings. The van der Waals surface area contributed by atoms with Gasteiger partial charge in [-0.15, -0.1) is 0 Å². The quantitative estimate of drug-likeness (QED) is 0.673. The lowest BCUT2D eigenvalue weighted by atomic mass is 10.1. The minimum atomic E-state index is -2.82. The fourth-order valence-corrected chi connectivity index (χ4v) is 4.63. The summed E-state index contributed by atoms with van der Waals surface area (Å²) < 4.78 is 23.0. The Balaban J connectivity index is 1.90. The Hall–Kier alpha value is -1.56. The first-order valence-electron chi connectivity index (χ1n) is 7.58. The summed E-state index contributed by atoms with van der Waals surface area (Å²) in [7, 11) is 0.927. The van der Waals surface area contributed by atoms with Gasteiger partial charge in [0, 0.05) is 27.2 Å². The average molecular weight is 323 g/mol. The molecule has 0 amide bonds. The van der Waals surface area contributed by atoms with Crippen LogP contribution in [0.25, 0.3) is 0 Å². The third kappa shape index (κ3) is 4.47. The lowest BCUT2D eigenvalue weighted by Gasteiger charge is -2.24. The van der Waals surface area contributed by atoms with E-state index in [9.17, 15) is 8.42 Å². The number of aliphatic imine (C=N–C) groups is 1. The van der Waals surface area contributed by atoms with Crippen molar-refractivity contribution in [3.63, 3.8) is 0 Å². The first kappa shape index (κ1) is 16.8. The highest BCUT2D eigenvalue weighted by molar-refractivity contribution is 7.91. The van der Waals surface area contributed by atoms with E-state index < -0.39 is 9.84 Å². The van der Waals surface area contributed by atoms with Gasteiger partial charge in [0.25, 0.3) is 0 Å². The molecule has 0 radical (unpaired) electrons. The van der Waals surface area contributed by atoms with Gasteiger partial charge in [-0.2, -0.15) is 0 Å². The van der Waals surface area contributed by atoms with Gasteiger partial charge in [0.1, 0.15) is 0 Å². The van der Waals surface area contributed by atoms with Crippen LogP contribution in [-0.2, 0) is 16.4 Å². The van der Waals surface area contributed by atoms with Crippen molar-refractivity contribution in [1.29, 1.82) is 0 Å². The maximum Gasteiger partial charge on any atom is 0.193 e. The first-order chi connectivity index (χ1) is 10.4. The molecule has 0 aliphatic carbocycles. The molecular formula is C16H25N3O2S. The van der Waals surface area contributed by atoms with Crippen LogP contribution >= 0.6 is 0 Å². The standard InChI is InChI=1S/C16H25N3O2S/c1-13-6-4-5-7-15(13)11-19(3)16(17-2)18-10-14-8-9-22(20,21)12-14/h4-7,14H,8-12H2,1-3H3,(H,17,18). The van der Waals surface area contributed by atoms with Crippen molar-refractivity contribution in [1.82, 2.24) is 10.2 Å². The SMILES string of the molecule is CN=C(NCC1CCS(=O)(=O)C1)N(C)Cc1ccccc1C. The predicted molar refractivity (Wildman–Crippen MR) is 90.8 cm³/mol. The first-order valence-corrected chi connectivity index (χ1v) is 9.40. The molecule has 1 fully saturated rings. The Labute approximate surface area is 133 Å². The molecule has 1 aromatic carbocycles. The van der Waals surface area contributed by atoms with Crippen molar-refractivity contribution in [2.75, 3.05) is 32.1 Å². The van der Waals surface area contributed by atoms with E-state index in [2.05, 4.69) is 34.3 Å². The van der Waals surface area contributed by atoms with Gasteiger partial charge in [-0.25, -0.2) is 8.42 Å². The summed E-state index contributed by atoms with van der Waals surface area (Å²) in [6.45, 7) is 3.53. The molecule has 5 nitrogen and oxygen atoms in total. The van der Waals surface area contributed by atoms with Crippen molar-refractivity contribution in [3.05, 3.63) is 35.4 Å². The zero-order valence-electron chi connectivity index (χ0n) is 13.5. The second-order valence-corrected chi connectivity index (χ2v) is 8.21. The zero-order chi connectivity index (χ0) is 16.2. The molecule has 2 rings (SSSR count). The van der Waals surface area contributed by atoms with Gasteiger partial charge in [0.2, 0.25) is 0 Å². The van der Waals surface area contributed by atoms with Crippen LogP contribution in [0.15, 0.2) is 29.3 Å². The van der Waals surface area contributed by atoms with Crippen LogP contribution in [-0.4, -0.2) is 51.4 Å². The van der Waals surface area contributed by atoms with Crippen LogP contribution in [0, 0.1) is 12.8 Å². The highest BCUT2D eigenvalue weighted by Crippen LogP contribution is 2.17. The van der Waals surface area contributed by atoms with Gasteiger partial charge in [0.05, 0.1) is 11.5 Å². The van der Waals surface area contributed by atoms with Crippen molar-refractivity contribution in [2.45, 2.75) is 19.9 Å². The Kier molecular flexibility index (Phi) is 5.45. The van der Waals surface area contributed by atoms with Crippen molar-refractivity contribution in [2.24, 2.45) is 10.9 Å². The maximum atomic E-state index is 11.5. The van der Waals surface area contributed by atoms with E-state index in [-0.39, 0.29) is 5.92 Å². The number of sulfone groups is 1. The Morgan fingerprint density at radius 2 is 2.14 bits per heavy atom. The minimum absolute atomic E-state index is 0.189. The highest BCUT2D eigenvalue weighted by atomic mass is 32.2. The van der Waals surface area contributed by atoms with Crippen LogP contribution in [0.1, 0.15) is 17.5 Å². The summed E-state index contributed by atoms with van der Waals surface area (Å²) in [6, 6.07) is 8.29. The average Bonchev–Trinajstić information content (AvgIpc) is 2.81. The fourth-order valence-electron chi connectivity index (χ4n) is 2.77. The number of aryl methyl sites for hydroxylation is 1. The second-order valence-electron chi connectivity index (χ2n) is 5.98. The number of nitrogens with zero attached hydrogens (tertiary/aromatic N) is 2. The lowest BCUT2D eigenvalue weighted by molar-refractivity contribution is 0.462. The van der Waals surface area contributed by atoms with Gasteiger partial charge < -0.3 is 10.2 Å². The summed E-state index contributed by atoms with van der Waals surface area (Å²) in [4.78, 5) is 6.35. The number of rotatable bonds is 4. The summed E-state index contributed by atoms with van der Waals surface area (Å²) in [5.41, 5.74) is 2.52. The number of benzene rings is 1. The largest absolute Gasteiger partial charge is 0.356 e. The van der Waals surface area contributed by atoms with Gasteiger partial charge in [-0.3, -0.25) is 4.99 Å². The molecule has 1 heterocycles. The molecule has 1 aliphatic rings. The van der Waals surface area contributed by atoms with E-state index in [1.807, 2.05) is 19.2 Å². The maximum absolute atomic E-state index is 11.5. The monoisotopic (exact) mass is 323 g/mol. The molecule has 122 valence electrons. The predicted octanol–water partition coefficient (Wildman–Crippen LogP) is 1.44. The van der Waals surface area contributed by atoms with Crippen LogP contribution < -0.4 is 5.32 Å². The lowest BCUT2D eigenvalue weighted by Crippen LogP contribution is -2.41. The molecule has 1 unspecified atom stereocenters. The van der Waals surface area contributed by atoms with Crippen molar-refractivity contribution >= 4 is 15.8 Å². The molecule has 22 heavy (non-hydrogen) atoms. The molecule has 0 saturated carbocycles. The fraction of sp³-hybridized carbons (Fsp3) is 0.562.